The fraction of sp³-hybridized carbons (Fsp3) is 0. The summed E-state index contributed by atoms with van der Waals surface area (Å²) in [5.41, 5.74) is 5.53. The van der Waals surface area contributed by atoms with Crippen LogP contribution in [0.5, 0.6) is 23.3 Å². The van der Waals surface area contributed by atoms with Crippen molar-refractivity contribution in [3.05, 3.63) is 232 Å². The monoisotopic (exact) mass is 1160 g/mol. The van der Waals surface area contributed by atoms with E-state index in [4.69, 9.17) is 22.3 Å². The molecule has 0 saturated carbocycles. The summed E-state index contributed by atoms with van der Waals surface area (Å²) in [7, 11) is 0. The molecule has 0 bridgehead atoms. The van der Waals surface area contributed by atoms with Gasteiger partial charge in [-0.25, -0.2) is 22.1 Å². The number of rotatable bonds is 7. The van der Waals surface area contributed by atoms with Crippen molar-refractivity contribution in [3.8, 4) is 68.7 Å². The molecule has 6 aromatic carbocycles. The molecule has 0 amide bonds. The number of fused-ring (bicyclic) bond motifs is 2. The molecule has 0 saturated heterocycles. The molecule has 4 aromatic heterocycles. The Hall–Kier alpha value is -7.20. The maximum atomic E-state index is 6.89. The Balaban J connectivity index is 0.000000217. The number of pyridine rings is 2. The van der Waals surface area contributed by atoms with Gasteiger partial charge < -0.3 is 66.8 Å². The quantitative estimate of drug-likeness (QED) is 0.118. The van der Waals surface area contributed by atoms with Crippen molar-refractivity contribution >= 4 is 21.5 Å². The first-order valence-corrected chi connectivity index (χ1v) is 18.9. The van der Waals surface area contributed by atoms with Gasteiger partial charge in [0, 0.05) is 113 Å². The molecule has 0 atom stereocenters. The van der Waals surface area contributed by atoms with Crippen molar-refractivity contribution in [3.63, 3.8) is 0 Å². The van der Waals surface area contributed by atoms with Crippen LogP contribution in [-0.4, -0.2) is 19.1 Å². The predicted molar refractivity (Wildman–Crippen MR) is 236 cm³/mol. The number of aromatic nitrogens is 4. The maximum Gasteiger partial charge on any atom is 0.216 e. The molecule has 0 fully saturated rings. The van der Waals surface area contributed by atoms with E-state index in [-0.39, 0.29) is 42.1 Å². The molecule has 6 nitrogen and oxygen atoms in total. The minimum absolute atomic E-state index is 0. The van der Waals surface area contributed by atoms with Crippen LogP contribution >= 0.6 is 0 Å². The Labute approximate surface area is 390 Å². The molecule has 8 heteroatoms. The number of benzene rings is 6. The molecule has 0 unspecified atom stereocenters. The summed E-state index contributed by atoms with van der Waals surface area (Å²) in [6, 6.07) is 68.5. The fourth-order valence-corrected chi connectivity index (χ4v) is 6.26. The smallest absolute Gasteiger partial charge is 0.216 e. The summed E-state index contributed by atoms with van der Waals surface area (Å²) in [5, 5.41) is 4.58. The molecule has 306 valence electrons. The van der Waals surface area contributed by atoms with E-state index in [9.17, 15) is 0 Å². The standard InChI is InChI=1S/C34H20N2O2.2C10H6N.2Pt/c1-3-9-25(10-4-1)29-17-19-35-33(23-29)37-31-15-7-13-27(21-31)28-14-8-16-32(22-28)38-34-24-30(18-20-36-34)26-11-5-2-6-12-26;2*1-2-11-7-9-5-3-4-6-10(9)8-11;;/h1-12,15-20,23-24H;2*3-8H;;/q-4;2*-1;;. The zero-order chi connectivity index (χ0) is 40.9. The molecule has 0 radical (unpaired) electrons. The molecule has 0 N–H and O–H groups in total. The Morgan fingerprint density at radius 3 is 1.15 bits per heavy atom. The minimum Gasteiger partial charge on any atom is -0.669 e. The van der Waals surface area contributed by atoms with Crippen LogP contribution in [0, 0.1) is 49.2 Å². The average Bonchev–Trinajstić information content (AvgIpc) is 3.95. The van der Waals surface area contributed by atoms with Crippen molar-refractivity contribution in [1.29, 1.82) is 0 Å². The fourth-order valence-electron chi connectivity index (χ4n) is 6.26. The molecule has 10 aromatic rings. The third-order valence-electron chi connectivity index (χ3n) is 9.15. The Kier molecular flexibility index (Phi) is 15.6. The molecule has 4 heterocycles. The summed E-state index contributed by atoms with van der Waals surface area (Å²) in [6.45, 7) is 0. The third kappa shape index (κ3) is 11.5. The largest absolute Gasteiger partial charge is 0.669 e. The summed E-state index contributed by atoms with van der Waals surface area (Å²) in [4.78, 5) is 8.71. The van der Waals surface area contributed by atoms with Crippen LogP contribution in [0.25, 0.3) is 54.9 Å². The van der Waals surface area contributed by atoms with E-state index in [1.165, 1.54) is 0 Å². The summed E-state index contributed by atoms with van der Waals surface area (Å²) >= 11 is 0. The van der Waals surface area contributed by atoms with E-state index >= 15 is 0 Å². The zero-order valence-corrected chi connectivity index (χ0v) is 37.3. The van der Waals surface area contributed by atoms with Gasteiger partial charge in [0.2, 0.25) is 11.8 Å². The summed E-state index contributed by atoms with van der Waals surface area (Å²) < 4.78 is 15.3. The minimum atomic E-state index is 0. The van der Waals surface area contributed by atoms with Crippen LogP contribution in [0.3, 0.4) is 0 Å². The molecule has 0 aliphatic carbocycles. The number of hydrogen-bond donors (Lipinski definition) is 0. The number of nitrogens with zero attached hydrogens (tertiary/aromatic N) is 4. The first kappa shape index (κ1) is 44.4. The second-order valence-corrected chi connectivity index (χ2v) is 13.2. The first-order chi connectivity index (χ1) is 29.6. The Morgan fingerprint density at radius 1 is 0.435 bits per heavy atom. The van der Waals surface area contributed by atoms with Crippen LogP contribution in [0.15, 0.2) is 195 Å². The van der Waals surface area contributed by atoms with E-state index in [2.05, 4.69) is 70.6 Å². The van der Waals surface area contributed by atoms with Gasteiger partial charge in [-0.3, -0.25) is 12.1 Å². The van der Waals surface area contributed by atoms with Crippen molar-refractivity contribution in [2.75, 3.05) is 0 Å². The average molecular weight is 1160 g/mol. The number of hydrogen-bond acceptors (Lipinski definition) is 4. The zero-order valence-electron chi connectivity index (χ0n) is 32.7. The van der Waals surface area contributed by atoms with Crippen molar-refractivity contribution < 1.29 is 51.6 Å². The Bertz CT molecular complexity index is 2820. The van der Waals surface area contributed by atoms with Crippen molar-refractivity contribution in [2.45, 2.75) is 0 Å². The van der Waals surface area contributed by atoms with Gasteiger partial charge in [0.05, 0.1) is 0 Å². The SMILES string of the molecule is [C-]#Cn1cc2ccccc2c1.[C-]#Cn1cc2ccccc2c1.[Pt].[Pt].[c-]1ccc(Oc2cc(-c3ccccc3)ccn2)[c-]c1-c1[c-]ccc(Oc2cc(-c3ccccc3)ccn2)[c-]1. The topological polar surface area (TPSA) is 54.1 Å². The van der Waals surface area contributed by atoms with E-state index in [0.717, 1.165) is 43.8 Å². The molecule has 0 spiro atoms. The predicted octanol–water partition coefficient (Wildman–Crippen LogP) is 12.3. The van der Waals surface area contributed by atoms with Gasteiger partial charge in [0.1, 0.15) is 0 Å². The molecule has 10 rings (SSSR count). The second-order valence-electron chi connectivity index (χ2n) is 13.2. The van der Waals surface area contributed by atoms with Gasteiger partial charge in [-0.1, -0.05) is 121 Å². The van der Waals surface area contributed by atoms with Gasteiger partial charge in [0.15, 0.2) is 0 Å². The van der Waals surface area contributed by atoms with Crippen molar-refractivity contribution in [1.82, 2.24) is 19.1 Å². The van der Waals surface area contributed by atoms with Crippen LogP contribution in [0.4, 0.5) is 0 Å². The third-order valence-corrected chi connectivity index (χ3v) is 9.15. The van der Waals surface area contributed by atoms with E-state index in [0.29, 0.717) is 34.4 Å². The first-order valence-electron chi connectivity index (χ1n) is 18.9. The van der Waals surface area contributed by atoms with Crippen LogP contribution in [0.2, 0.25) is 0 Å². The number of ether oxygens (including phenoxy) is 2. The van der Waals surface area contributed by atoms with Crippen LogP contribution in [-0.2, 0) is 42.1 Å². The van der Waals surface area contributed by atoms with Gasteiger partial charge in [0.25, 0.3) is 0 Å². The van der Waals surface area contributed by atoms with E-state index in [1.54, 1.807) is 45.8 Å². The molecular formula is C54H32N4O2Pt2-6. The normalized spacial score (nSPS) is 9.97. The summed E-state index contributed by atoms with van der Waals surface area (Å²) in [6.07, 6.45) is 24.8. The van der Waals surface area contributed by atoms with Gasteiger partial charge >= 0.3 is 0 Å². The Morgan fingerprint density at radius 2 is 0.790 bits per heavy atom. The molecule has 62 heavy (non-hydrogen) atoms. The van der Waals surface area contributed by atoms with Crippen LogP contribution in [0.1, 0.15) is 0 Å². The van der Waals surface area contributed by atoms with Gasteiger partial charge in [-0.2, -0.15) is 12.1 Å². The van der Waals surface area contributed by atoms with Crippen LogP contribution < -0.4 is 9.47 Å². The molecule has 0 aliphatic rings. The van der Waals surface area contributed by atoms with E-state index < -0.39 is 0 Å². The molecule has 0 aliphatic heterocycles. The maximum absolute atomic E-state index is 6.89. The van der Waals surface area contributed by atoms with Gasteiger partial charge in [-0.05, 0) is 34.4 Å². The summed E-state index contributed by atoms with van der Waals surface area (Å²) in [5.74, 6) is 1.99. The second kappa shape index (κ2) is 21.9. The van der Waals surface area contributed by atoms with Crippen molar-refractivity contribution in [2.24, 2.45) is 0 Å². The molecular weight excluding hydrogens is 1130 g/mol. The van der Waals surface area contributed by atoms with E-state index in [1.807, 2.05) is 134 Å². The van der Waals surface area contributed by atoms with Gasteiger partial charge in [-0.15, -0.1) is 0 Å².